The molecule has 0 saturated carbocycles. The molecular formula is C24H22N4O5S. The van der Waals surface area contributed by atoms with Crippen LogP contribution in [0, 0.1) is 13.8 Å². The first-order valence-electron chi connectivity index (χ1n) is 10.5. The maximum atomic E-state index is 12.8. The van der Waals surface area contributed by atoms with Crippen LogP contribution in [0.2, 0.25) is 0 Å². The number of hydrogen-bond donors (Lipinski definition) is 1. The standard InChI is InChI=1S/C24H22N4O5S/c1-4-32-24(31)20-19(16-9-6-5-7-10-16)15(3)34-22(20)26-17(29)13-33-23(30)18-14(2)27-28-12-8-11-25-21(18)28/h5-12H,4,13H2,1-3H3,(H,26,29). The minimum absolute atomic E-state index is 0.193. The zero-order valence-electron chi connectivity index (χ0n) is 18.8. The molecule has 0 saturated heterocycles. The van der Waals surface area contributed by atoms with E-state index in [4.69, 9.17) is 9.47 Å². The number of nitrogens with zero attached hydrogens (tertiary/aromatic N) is 3. The van der Waals surface area contributed by atoms with Gasteiger partial charge < -0.3 is 14.8 Å². The Labute approximate surface area is 199 Å². The van der Waals surface area contributed by atoms with E-state index in [1.54, 1.807) is 32.3 Å². The first kappa shape index (κ1) is 23.1. The molecular weight excluding hydrogens is 456 g/mol. The minimum atomic E-state index is -0.709. The summed E-state index contributed by atoms with van der Waals surface area (Å²) >= 11 is 1.26. The van der Waals surface area contributed by atoms with Crippen molar-refractivity contribution in [3.05, 3.63) is 70.5 Å². The fraction of sp³-hybridized carbons (Fsp3) is 0.208. The predicted molar refractivity (Wildman–Crippen MR) is 127 cm³/mol. The number of carbonyl (C=O) groups excluding carboxylic acids is 3. The third-order valence-electron chi connectivity index (χ3n) is 4.99. The van der Waals surface area contributed by atoms with Crippen molar-refractivity contribution in [1.82, 2.24) is 14.6 Å². The third kappa shape index (κ3) is 4.53. The molecule has 3 heterocycles. The molecule has 0 aliphatic rings. The van der Waals surface area contributed by atoms with E-state index < -0.39 is 24.5 Å². The molecule has 34 heavy (non-hydrogen) atoms. The van der Waals surface area contributed by atoms with E-state index in [1.807, 2.05) is 37.3 Å². The van der Waals surface area contributed by atoms with Gasteiger partial charge in [-0.2, -0.15) is 5.10 Å². The second-order valence-electron chi connectivity index (χ2n) is 7.30. The van der Waals surface area contributed by atoms with Gasteiger partial charge in [-0.05, 0) is 32.4 Å². The Kier molecular flexibility index (Phi) is 6.69. The topological polar surface area (TPSA) is 112 Å². The van der Waals surface area contributed by atoms with Crippen molar-refractivity contribution < 1.29 is 23.9 Å². The van der Waals surface area contributed by atoms with E-state index >= 15 is 0 Å². The predicted octanol–water partition coefficient (Wildman–Crippen LogP) is 4.05. The lowest BCUT2D eigenvalue weighted by atomic mass is 10.0. The minimum Gasteiger partial charge on any atom is -0.462 e. The summed E-state index contributed by atoms with van der Waals surface area (Å²) in [6, 6.07) is 11.1. The van der Waals surface area contributed by atoms with Crippen molar-refractivity contribution in [1.29, 1.82) is 0 Å². The lowest BCUT2D eigenvalue weighted by Crippen LogP contribution is -2.22. The monoisotopic (exact) mass is 478 g/mol. The van der Waals surface area contributed by atoms with Crippen LogP contribution >= 0.6 is 11.3 Å². The summed E-state index contributed by atoms with van der Waals surface area (Å²) in [5.41, 5.74) is 2.79. The van der Waals surface area contributed by atoms with E-state index in [9.17, 15) is 14.4 Å². The number of fused-ring (bicyclic) bond motifs is 1. The van der Waals surface area contributed by atoms with Gasteiger partial charge in [0.05, 0.1) is 12.3 Å². The van der Waals surface area contributed by atoms with Crippen LogP contribution in [0.5, 0.6) is 0 Å². The molecule has 3 aromatic heterocycles. The van der Waals surface area contributed by atoms with Crippen molar-refractivity contribution in [3.8, 4) is 11.1 Å². The molecule has 4 aromatic rings. The molecule has 0 bridgehead atoms. The summed E-state index contributed by atoms with van der Waals surface area (Å²) < 4.78 is 11.9. The quantitative estimate of drug-likeness (QED) is 0.399. The fourth-order valence-corrected chi connectivity index (χ4v) is 4.67. The Morgan fingerprint density at radius 1 is 1.03 bits per heavy atom. The lowest BCUT2D eigenvalue weighted by molar-refractivity contribution is -0.119. The number of anilines is 1. The third-order valence-corrected chi connectivity index (χ3v) is 6.01. The van der Waals surface area contributed by atoms with Crippen LogP contribution in [-0.2, 0) is 14.3 Å². The average Bonchev–Trinajstić information content (AvgIpc) is 3.33. The normalized spacial score (nSPS) is 10.8. The van der Waals surface area contributed by atoms with Gasteiger partial charge in [-0.1, -0.05) is 30.3 Å². The molecule has 1 aromatic carbocycles. The van der Waals surface area contributed by atoms with Gasteiger partial charge in [-0.15, -0.1) is 11.3 Å². The Balaban J connectivity index is 1.54. The number of amides is 1. The van der Waals surface area contributed by atoms with Crippen LogP contribution in [0.4, 0.5) is 5.00 Å². The maximum Gasteiger partial charge on any atom is 0.344 e. The number of nitrogens with one attached hydrogen (secondary N) is 1. The van der Waals surface area contributed by atoms with Crippen LogP contribution in [0.1, 0.15) is 38.2 Å². The smallest absolute Gasteiger partial charge is 0.344 e. The molecule has 9 nitrogen and oxygen atoms in total. The number of benzene rings is 1. The van der Waals surface area contributed by atoms with E-state index in [2.05, 4.69) is 15.4 Å². The number of hydrogen-bond acceptors (Lipinski definition) is 8. The van der Waals surface area contributed by atoms with Crippen LogP contribution in [0.25, 0.3) is 16.8 Å². The molecule has 0 radical (unpaired) electrons. The Bertz CT molecular complexity index is 1380. The van der Waals surface area contributed by atoms with Gasteiger partial charge in [0.1, 0.15) is 16.1 Å². The number of ether oxygens (including phenoxy) is 2. The van der Waals surface area contributed by atoms with Gasteiger partial charge in [0.25, 0.3) is 5.91 Å². The van der Waals surface area contributed by atoms with Crippen LogP contribution in [-0.4, -0.2) is 45.7 Å². The maximum absolute atomic E-state index is 12.8. The Morgan fingerprint density at radius 3 is 2.50 bits per heavy atom. The molecule has 10 heteroatoms. The molecule has 4 rings (SSSR count). The number of aryl methyl sites for hydroxylation is 2. The Morgan fingerprint density at radius 2 is 1.76 bits per heavy atom. The highest BCUT2D eigenvalue weighted by Gasteiger charge is 2.26. The van der Waals surface area contributed by atoms with Crippen molar-refractivity contribution in [2.24, 2.45) is 0 Å². The SMILES string of the molecule is CCOC(=O)c1c(NC(=O)COC(=O)c2c(C)nn3cccnc23)sc(C)c1-c1ccccc1. The number of esters is 2. The summed E-state index contributed by atoms with van der Waals surface area (Å²) in [5.74, 6) is -1.83. The summed E-state index contributed by atoms with van der Waals surface area (Å²) in [5, 5.41) is 7.26. The molecule has 0 unspecified atom stereocenters. The molecule has 0 fully saturated rings. The van der Waals surface area contributed by atoms with Gasteiger partial charge in [0.15, 0.2) is 12.3 Å². The highest BCUT2D eigenvalue weighted by molar-refractivity contribution is 7.17. The van der Waals surface area contributed by atoms with Crippen molar-refractivity contribution >= 4 is 39.8 Å². The van der Waals surface area contributed by atoms with Crippen LogP contribution in [0.3, 0.4) is 0 Å². The highest BCUT2D eigenvalue weighted by atomic mass is 32.1. The number of thiophene rings is 1. The molecule has 0 aliphatic carbocycles. The first-order chi connectivity index (χ1) is 16.4. The largest absolute Gasteiger partial charge is 0.462 e. The molecule has 0 atom stereocenters. The van der Waals surface area contributed by atoms with Gasteiger partial charge in [0, 0.05) is 22.8 Å². The van der Waals surface area contributed by atoms with Gasteiger partial charge in [-0.25, -0.2) is 19.1 Å². The number of rotatable bonds is 7. The number of carbonyl (C=O) groups is 3. The molecule has 174 valence electrons. The van der Waals surface area contributed by atoms with Crippen LogP contribution < -0.4 is 5.32 Å². The van der Waals surface area contributed by atoms with E-state index in [0.717, 1.165) is 10.4 Å². The van der Waals surface area contributed by atoms with Gasteiger partial charge in [0.2, 0.25) is 0 Å². The van der Waals surface area contributed by atoms with Crippen molar-refractivity contribution in [2.75, 3.05) is 18.5 Å². The molecule has 1 N–H and O–H groups in total. The van der Waals surface area contributed by atoms with Gasteiger partial charge in [-0.3, -0.25) is 4.79 Å². The zero-order chi connectivity index (χ0) is 24.2. The first-order valence-corrected chi connectivity index (χ1v) is 11.3. The van der Waals surface area contributed by atoms with Crippen molar-refractivity contribution in [2.45, 2.75) is 20.8 Å². The van der Waals surface area contributed by atoms with E-state index in [0.29, 0.717) is 21.9 Å². The number of aromatic nitrogens is 3. The van der Waals surface area contributed by atoms with Crippen LogP contribution in [0.15, 0.2) is 48.8 Å². The van der Waals surface area contributed by atoms with E-state index in [-0.39, 0.29) is 17.7 Å². The average molecular weight is 479 g/mol. The summed E-state index contributed by atoms with van der Waals surface area (Å²) in [4.78, 5) is 43.1. The summed E-state index contributed by atoms with van der Waals surface area (Å²) in [7, 11) is 0. The van der Waals surface area contributed by atoms with E-state index in [1.165, 1.54) is 15.9 Å². The summed E-state index contributed by atoms with van der Waals surface area (Å²) in [6.45, 7) is 4.90. The van der Waals surface area contributed by atoms with Crippen molar-refractivity contribution in [3.63, 3.8) is 0 Å². The molecule has 1 amide bonds. The summed E-state index contributed by atoms with van der Waals surface area (Å²) in [6.07, 6.45) is 3.21. The zero-order valence-corrected chi connectivity index (χ0v) is 19.6. The molecule has 0 aliphatic heterocycles. The fourth-order valence-electron chi connectivity index (χ4n) is 3.58. The second-order valence-corrected chi connectivity index (χ2v) is 8.52. The Hall–Kier alpha value is -4.05. The lowest BCUT2D eigenvalue weighted by Gasteiger charge is -2.09. The second kappa shape index (κ2) is 9.84. The van der Waals surface area contributed by atoms with Gasteiger partial charge >= 0.3 is 11.9 Å². The molecule has 0 spiro atoms. The highest BCUT2D eigenvalue weighted by Crippen LogP contribution is 2.40.